The first kappa shape index (κ1) is 7.64. The van der Waals surface area contributed by atoms with E-state index in [9.17, 15) is 18.8 Å². The SMILES string of the molecule is O=CN1CC(F)C(=O)NC1=O. The van der Waals surface area contributed by atoms with E-state index in [0.717, 1.165) is 0 Å². The Morgan fingerprint density at radius 3 is 2.82 bits per heavy atom. The average Bonchev–Trinajstić information content (AvgIpc) is 1.97. The van der Waals surface area contributed by atoms with Gasteiger partial charge in [0.05, 0.1) is 6.54 Å². The molecule has 0 aromatic carbocycles. The highest BCUT2D eigenvalue weighted by Crippen LogP contribution is 2.01. The van der Waals surface area contributed by atoms with Crippen molar-refractivity contribution >= 4 is 18.3 Å². The number of alkyl halides is 1. The zero-order chi connectivity index (χ0) is 8.43. The Hall–Kier alpha value is -1.46. The molecule has 0 spiro atoms. The molecule has 11 heavy (non-hydrogen) atoms. The standard InChI is InChI=1S/C5H5FN2O3/c6-3-1-8(2-9)5(11)7-4(3)10/h2-3H,1H2,(H,7,10,11). The Labute approximate surface area is 61.2 Å². The Bertz CT molecular complexity index is 218. The second-order valence-corrected chi connectivity index (χ2v) is 2.02. The topological polar surface area (TPSA) is 66.5 Å². The summed E-state index contributed by atoms with van der Waals surface area (Å²) < 4.78 is 12.4. The molecular formula is C5H5FN2O3. The van der Waals surface area contributed by atoms with Crippen LogP contribution in [0.4, 0.5) is 9.18 Å². The molecule has 6 heteroatoms. The number of nitrogens with one attached hydrogen (secondary N) is 1. The number of nitrogens with zero attached hydrogens (tertiary/aromatic N) is 1. The fraction of sp³-hybridized carbons (Fsp3) is 0.400. The van der Waals surface area contributed by atoms with Crippen LogP contribution in [0.3, 0.4) is 0 Å². The van der Waals surface area contributed by atoms with Gasteiger partial charge in [0.2, 0.25) is 6.41 Å². The van der Waals surface area contributed by atoms with E-state index in [1.54, 1.807) is 5.32 Å². The number of urea groups is 1. The first-order valence-electron chi connectivity index (χ1n) is 2.86. The fourth-order valence-corrected chi connectivity index (χ4v) is 0.685. The molecule has 0 saturated carbocycles. The van der Waals surface area contributed by atoms with Gasteiger partial charge < -0.3 is 0 Å². The van der Waals surface area contributed by atoms with Crippen molar-refractivity contribution in [3.63, 3.8) is 0 Å². The number of amides is 4. The molecule has 1 heterocycles. The van der Waals surface area contributed by atoms with E-state index in [4.69, 9.17) is 0 Å². The molecule has 1 atom stereocenters. The summed E-state index contributed by atoms with van der Waals surface area (Å²) in [7, 11) is 0. The number of carbonyl (C=O) groups excluding carboxylic acids is 3. The number of halogens is 1. The monoisotopic (exact) mass is 160 g/mol. The van der Waals surface area contributed by atoms with Gasteiger partial charge in [0.25, 0.3) is 5.91 Å². The summed E-state index contributed by atoms with van der Waals surface area (Å²) in [5, 5.41) is 1.67. The van der Waals surface area contributed by atoms with Gasteiger partial charge in [-0.05, 0) is 0 Å². The van der Waals surface area contributed by atoms with E-state index >= 15 is 0 Å². The van der Waals surface area contributed by atoms with Crippen LogP contribution in [0, 0.1) is 0 Å². The molecule has 1 aliphatic rings. The van der Waals surface area contributed by atoms with E-state index < -0.39 is 24.7 Å². The second kappa shape index (κ2) is 2.65. The fourth-order valence-electron chi connectivity index (χ4n) is 0.685. The van der Waals surface area contributed by atoms with Crippen LogP contribution >= 0.6 is 0 Å². The predicted molar refractivity (Wildman–Crippen MR) is 31.2 cm³/mol. The molecular weight excluding hydrogens is 155 g/mol. The smallest absolute Gasteiger partial charge is 0.278 e. The lowest BCUT2D eigenvalue weighted by molar-refractivity contribution is -0.129. The van der Waals surface area contributed by atoms with Crippen molar-refractivity contribution in [3.8, 4) is 0 Å². The maximum atomic E-state index is 12.4. The molecule has 4 amide bonds. The maximum absolute atomic E-state index is 12.4. The summed E-state index contributed by atoms with van der Waals surface area (Å²) in [4.78, 5) is 31.6. The van der Waals surface area contributed by atoms with Gasteiger partial charge in [-0.1, -0.05) is 0 Å². The highest BCUT2D eigenvalue weighted by atomic mass is 19.1. The van der Waals surface area contributed by atoms with Crippen molar-refractivity contribution in [2.75, 3.05) is 6.54 Å². The molecule has 0 aromatic rings. The van der Waals surface area contributed by atoms with Crippen molar-refractivity contribution in [3.05, 3.63) is 0 Å². The van der Waals surface area contributed by atoms with E-state index in [1.165, 1.54) is 0 Å². The predicted octanol–water partition coefficient (Wildman–Crippen LogP) is -0.967. The zero-order valence-electron chi connectivity index (χ0n) is 5.41. The Morgan fingerprint density at radius 1 is 1.64 bits per heavy atom. The van der Waals surface area contributed by atoms with E-state index in [-0.39, 0.29) is 6.41 Å². The Kier molecular flexibility index (Phi) is 1.84. The largest absolute Gasteiger partial charge is 0.330 e. The molecule has 1 fully saturated rings. The van der Waals surface area contributed by atoms with Gasteiger partial charge in [-0.25, -0.2) is 9.18 Å². The lowest BCUT2D eigenvalue weighted by Gasteiger charge is -2.22. The Balaban J connectivity index is 2.69. The van der Waals surface area contributed by atoms with Crippen molar-refractivity contribution in [2.45, 2.75) is 6.17 Å². The minimum atomic E-state index is -1.81. The number of rotatable bonds is 1. The lowest BCUT2D eigenvalue weighted by atomic mass is 10.3. The number of hydrogen-bond donors (Lipinski definition) is 1. The second-order valence-electron chi connectivity index (χ2n) is 2.02. The van der Waals surface area contributed by atoms with Crippen molar-refractivity contribution < 1.29 is 18.8 Å². The summed E-state index contributed by atoms with van der Waals surface area (Å²) >= 11 is 0. The van der Waals surface area contributed by atoms with Gasteiger partial charge in [0.15, 0.2) is 6.17 Å². The third kappa shape index (κ3) is 1.34. The summed E-state index contributed by atoms with van der Waals surface area (Å²) in [5.74, 6) is -0.992. The summed E-state index contributed by atoms with van der Waals surface area (Å²) in [5.41, 5.74) is 0. The Morgan fingerprint density at radius 2 is 2.27 bits per heavy atom. The van der Waals surface area contributed by atoms with Crippen LogP contribution < -0.4 is 5.32 Å². The third-order valence-electron chi connectivity index (χ3n) is 1.26. The number of carbonyl (C=O) groups is 3. The van der Waals surface area contributed by atoms with Crippen LogP contribution in [0.5, 0.6) is 0 Å². The summed E-state index contributed by atoms with van der Waals surface area (Å²) in [6.07, 6.45) is -1.63. The molecule has 1 unspecified atom stereocenters. The quantitative estimate of drug-likeness (QED) is 0.502. The summed E-state index contributed by atoms with van der Waals surface area (Å²) in [6.45, 7) is -0.492. The number of imide groups is 2. The van der Waals surface area contributed by atoms with Gasteiger partial charge in [-0.15, -0.1) is 0 Å². The highest BCUT2D eigenvalue weighted by Gasteiger charge is 2.31. The van der Waals surface area contributed by atoms with Crippen LogP contribution in [-0.4, -0.2) is 36.0 Å². The van der Waals surface area contributed by atoms with E-state index in [0.29, 0.717) is 4.90 Å². The van der Waals surface area contributed by atoms with Crippen LogP contribution in [0.15, 0.2) is 0 Å². The van der Waals surface area contributed by atoms with Gasteiger partial charge in [0, 0.05) is 0 Å². The van der Waals surface area contributed by atoms with Gasteiger partial charge >= 0.3 is 6.03 Å². The van der Waals surface area contributed by atoms with Crippen molar-refractivity contribution in [1.29, 1.82) is 0 Å². The average molecular weight is 160 g/mol. The molecule has 0 radical (unpaired) electrons. The molecule has 60 valence electrons. The van der Waals surface area contributed by atoms with Crippen LogP contribution in [0.25, 0.3) is 0 Å². The van der Waals surface area contributed by atoms with Gasteiger partial charge in [-0.3, -0.25) is 19.8 Å². The third-order valence-corrected chi connectivity index (χ3v) is 1.26. The molecule has 0 bridgehead atoms. The highest BCUT2D eigenvalue weighted by molar-refractivity contribution is 6.02. The normalized spacial score (nSPS) is 24.8. The van der Waals surface area contributed by atoms with Crippen LogP contribution in [0.2, 0.25) is 0 Å². The molecule has 1 saturated heterocycles. The van der Waals surface area contributed by atoms with Crippen LogP contribution in [-0.2, 0) is 9.59 Å². The molecule has 0 aliphatic carbocycles. The first-order chi connectivity index (χ1) is 5.15. The minimum absolute atomic E-state index is 0.175. The molecule has 1 N–H and O–H groups in total. The van der Waals surface area contributed by atoms with Gasteiger partial charge in [-0.2, -0.15) is 0 Å². The molecule has 1 rings (SSSR count). The van der Waals surface area contributed by atoms with Crippen LogP contribution in [0.1, 0.15) is 0 Å². The zero-order valence-corrected chi connectivity index (χ0v) is 5.41. The molecule has 0 aromatic heterocycles. The van der Waals surface area contributed by atoms with Crippen molar-refractivity contribution in [1.82, 2.24) is 10.2 Å². The molecule has 5 nitrogen and oxygen atoms in total. The number of hydrogen-bond acceptors (Lipinski definition) is 3. The maximum Gasteiger partial charge on any atom is 0.330 e. The lowest BCUT2D eigenvalue weighted by Crippen LogP contribution is -2.54. The minimum Gasteiger partial charge on any atom is -0.278 e. The van der Waals surface area contributed by atoms with Crippen molar-refractivity contribution in [2.24, 2.45) is 0 Å². The summed E-state index contributed by atoms with van der Waals surface area (Å²) in [6, 6.07) is -0.876. The van der Waals surface area contributed by atoms with E-state index in [1.807, 2.05) is 0 Å². The van der Waals surface area contributed by atoms with Gasteiger partial charge in [0.1, 0.15) is 0 Å². The van der Waals surface area contributed by atoms with E-state index in [2.05, 4.69) is 0 Å². The molecule has 1 aliphatic heterocycles. The first-order valence-corrected chi connectivity index (χ1v) is 2.86.